The standard InChI is InChI=1S/C17H24N4S.HI/c1-14-13-22-16(21-14)9-5-6-11-19-17(18)20-12-10-15-7-3-2-4-8-15;/h2-4,7-8,13H,5-6,9-12H2,1H3,(H3,18,19,20);1H. The lowest BCUT2D eigenvalue weighted by Crippen LogP contribution is -2.33. The number of benzene rings is 1. The maximum Gasteiger partial charge on any atom is 0.188 e. The van der Waals surface area contributed by atoms with Crippen LogP contribution in [0.3, 0.4) is 0 Å². The molecule has 0 radical (unpaired) electrons. The van der Waals surface area contributed by atoms with E-state index in [0.717, 1.165) is 44.5 Å². The number of thiazole rings is 1. The minimum Gasteiger partial charge on any atom is -0.370 e. The van der Waals surface area contributed by atoms with Gasteiger partial charge in [-0.25, -0.2) is 4.98 Å². The number of halogens is 1. The first kappa shape index (κ1) is 19.9. The summed E-state index contributed by atoms with van der Waals surface area (Å²) in [6, 6.07) is 10.4. The molecule has 4 nitrogen and oxygen atoms in total. The predicted molar refractivity (Wildman–Crippen MR) is 110 cm³/mol. The molecule has 0 saturated heterocycles. The number of nitrogens with zero attached hydrogens (tertiary/aromatic N) is 2. The molecule has 0 bridgehead atoms. The smallest absolute Gasteiger partial charge is 0.188 e. The zero-order valence-corrected chi connectivity index (χ0v) is 16.6. The predicted octanol–water partition coefficient (Wildman–Crippen LogP) is 3.54. The van der Waals surface area contributed by atoms with Gasteiger partial charge >= 0.3 is 0 Å². The minimum absolute atomic E-state index is 0. The van der Waals surface area contributed by atoms with Gasteiger partial charge in [-0.1, -0.05) is 30.3 Å². The van der Waals surface area contributed by atoms with Gasteiger partial charge in [0.25, 0.3) is 0 Å². The van der Waals surface area contributed by atoms with Crippen molar-refractivity contribution in [1.29, 1.82) is 0 Å². The molecule has 0 unspecified atom stereocenters. The van der Waals surface area contributed by atoms with Crippen LogP contribution in [0.5, 0.6) is 0 Å². The first-order chi connectivity index (χ1) is 10.7. The second-order valence-corrected chi connectivity index (χ2v) is 6.21. The maximum atomic E-state index is 5.86. The SMILES string of the molecule is Cc1csc(CCCCN=C(N)NCCc2ccccc2)n1.I. The van der Waals surface area contributed by atoms with E-state index in [1.807, 2.05) is 13.0 Å². The van der Waals surface area contributed by atoms with Gasteiger partial charge in [-0.3, -0.25) is 4.99 Å². The Hall–Kier alpha value is -1.15. The van der Waals surface area contributed by atoms with E-state index in [9.17, 15) is 0 Å². The van der Waals surface area contributed by atoms with Crippen LogP contribution in [0.1, 0.15) is 29.1 Å². The number of hydrogen-bond donors (Lipinski definition) is 2. The summed E-state index contributed by atoms with van der Waals surface area (Å²) in [6.45, 7) is 3.62. The van der Waals surface area contributed by atoms with E-state index in [-0.39, 0.29) is 24.0 Å². The van der Waals surface area contributed by atoms with E-state index in [2.05, 4.69) is 44.9 Å². The molecule has 6 heteroatoms. The van der Waals surface area contributed by atoms with Crippen molar-refractivity contribution in [2.45, 2.75) is 32.6 Å². The minimum atomic E-state index is 0. The molecule has 126 valence electrons. The van der Waals surface area contributed by atoms with E-state index < -0.39 is 0 Å². The Labute approximate surface area is 159 Å². The molecule has 0 amide bonds. The number of nitrogens with two attached hydrogens (primary N) is 1. The lowest BCUT2D eigenvalue weighted by molar-refractivity contribution is 0.735. The van der Waals surface area contributed by atoms with Crippen LogP contribution in [-0.2, 0) is 12.8 Å². The van der Waals surface area contributed by atoms with Crippen molar-refractivity contribution in [3.05, 3.63) is 52.0 Å². The zero-order chi connectivity index (χ0) is 15.6. The first-order valence-corrected chi connectivity index (χ1v) is 8.61. The molecule has 0 fully saturated rings. The molecular formula is C17H25IN4S. The molecule has 0 atom stereocenters. The van der Waals surface area contributed by atoms with Gasteiger partial charge in [0.15, 0.2) is 5.96 Å². The molecule has 1 heterocycles. The van der Waals surface area contributed by atoms with Gasteiger partial charge in [-0.05, 0) is 38.2 Å². The average Bonchev–Trinajstić information content (AvgIpc) is 2.93. The summed E-state index contributed by atoms with van der Waals surface area (Å²) in [5, 5.41) is 6.48. The van der Waals surface area contributed by atoms with Crippen LogP contribution in [0, 0.1) is 6.92 Å². The van der Waals surface area contributed by atoms with Crippen LogP contribution in [-0.4, -0.2) is 24.0 Å². The fourth-order valence-corrected chi connectivity index (χ4v) is 2.96. The van der Waals surface area contributed by atoms with E-state index in [0.29, 0.717) is 5.96 Å². The molecule has 0 spiro atoms. The maximum absolute atomic E-state index is 5.86. The number of guanidine groups is 1. The van der Waals surface area contributed by atoms with Gasteiger partial charge in [0.1, 0.15) is 0 Å². The fourth-order valence-electron chi connectivity index (χ4n) is 2.14. The molecule has 0 saturated carbocycles. The number of aliphatic imine (C=N–C) groups is 1. The highest BCUT2D eigenvalue weighted by Gasteiger charge is 1.98. The van der Waals surface area contributed by atoms with Crippen LogP contribution < -0.4 is 11.1 Å². The zero-order valence-electron chi connectivity index (χ0n) is 13.5. The van der Waals surface area contributed by atoms with Gasteiger partial charge in [0, 0.05) is 24.2 Å². The molecule has 2 aromatic rings. The lowest BCUT2D eigenvalue weighted by Gasteiger charge is -2.05. The molecule has 0 aliphatic rings. The Balaban J connectivity index is 0.00000264. The highest BCUT2D eigenvalue weighted by Crippen LogP contribution is 2.11. The highest BCUT2D eigenvalue weighted by atomic mass is 127. The second-order valence-electron chi connectivity index (χ2n) is 5.27. The topological polar surface area (TPSA) is 63.3 Å². The summed E-state index contributed by atoms with van der Waals surface area (Å²) in [7, 11) is 0. The normalized spacial score (nSPS) is 11.1. The number of aryl methyl sites for hydroxylation is 2. The third-order valence-electron chi connectivity index (χ3n) is 3.31. The third-order valence-corrected chi connectivity index (χ3v) is 4.34. The third kappa shape index (κ3) is 8.31. The quantitative estimate of drug-likeness (QED) is 0.283. The van der Waals surface area contributed by atoms with Gasteiger partial charge in [-0.15, -0.1) is 35.3 Å². The summed E-state index contributed by atoms with van der Waals surface area (Å²) in [6.07, 6.45) is 4.14. The van der Waals surface area contributed by atoms with E-state index in [1.54, 1.807) is 11.3 Å². The number of hydrogen-bond acceptors (Lipinski definition) is 3. The molecular weight excluding hydrogens is 419 g/mol. The molecule has 1 aromatic heterocycles. The largest absolute Gasteiger partial charge is 0.370 e. The molecule has 23 heavy (non-hydrogen) atoms. The van der Waals surface area contributed by atoms with Crippen LogP contribution >= 0.6 is 35.3 Å². The van der Waals surface area contributed by atoms with E-state index >= 15 is 0 Å². The molecule has 3 N–H and O–H groups in total. The van der Waals surface area contributed by atoms with Crippen LogP contribution in [0.25, 0.3) is 0 Å². The van der Waals surface area contributed by atoms with Crippen LogP contribution in [0.2, 0.25) is 0 Å². The monoisotopic (exact) mass is 444 g/mol. The van der Waals surface area contributed by atoms with E-state index in [4.69, 9.17) is 5.73 Å². The Morgan fingerprint density at radius 2 is 2.00 bits per heavy atom. The Morgan fingerprint density at radius 1 is 1.22 bits per heavy atom. The van der Waals surface area contributed by atoms with Gasteiger partial charge < -0.3 is 11.1 Å². The Morgan fingerprint density at radius 3 is 2.70 bits per heavy atom. The second kappa shape index (κ2) is 11.4. The molecule has 1 aromatic carbocycles. The Kier molecular flexibility index (Phi) is 9.86. The van der Waals surface area contributed by atoms with Crippen molar-refractivity contribution in [2.75, 3.05) is 13.1 Å². The summed E-state index contributed by atoms with van der Waals surface area (Å²) in [5.74, 6) is 0.543. The van der Waals surface area contributed by atoms with Crippen molar-refractivity contribution in [3.8, 4) is 0 Å². The van der Waals surface area contributed by atoms with Gasteiger partial charge in [0.2, 0.25) is 0 Å². The number of nitrogens with one attached hydrogen (secondary N) is 1. The first-order valence-electron chi connectivity index (χ1n) is 7.73. The van der Waals surface area contributed by atoms with Crippen molar-refractivity contribution in [3.63, 3.8) is 0 Å². The van der Waals surface area contributed by atoms with Crippen LogP contribution in [0.15, 0.2) is 40.7 Å². The summed E-state index contributed by atoms with van der Waals surface area (Å²) < 4.78 is 0. The molecule has 0 aliphatic carbocycles. The summed E-state index contributed by atoms with van der Waals surface area (Å²) in [4.78, 5) is 8.82. The van der Waals surface area contributed by atoms with Gasteiger partial charge in [0.05, 0.1) is 5.01 Å². The van der Waals surface area contributed by atoms with Gasteiger partial charge in [-0.2, -0.15) is 0 Å². The Bertz CT molecular complexity index is 583. The number of aromatic nitrogens is 1. The lowest BCUT2D eigenvalue weighted by atomic mass is 10.1. The fraction of sp³-hybridized carbons (Fsp3) is 0.412. The average molecular weight is 444 g/mol. The van der Waals surface area contributed by atoms with Crippen molar-refractivity contribution >= 4 is 41.3 Å². The summed E-state index contributed by atoms with van der Waals surface area (Å²) in [5.41, 5.74) is 8.29. The summed E-state index contributed by atoms with van der Waals surface area (Å²) >= 11 is 1.74. The molecule has 0 aliphatic heterocycles. The highest BCUT2D eigenvalue weighted by molar-refractivity contribution is 14.0. The van der Waals surface area contributed by atoms with Crippen molar-refractivity contribution < 1.29 is 0 Å². The van der Waals surface area contributed by atoms with E-state index in [1.165, 1.54) is 10.6 Å². The van der Waals surface area contributed by atoms with Crippen molar-refractivity contribution in [1.82, 2.24) is 10.3 Å². The number of unbranched alkanes of at least 4 members (excludes halogenated alkanes) is 1. The van der Waals surface area contributed by atoms with Crippen molar-refractivity contribution in [2.24, 2.45) is 10.7 Å². The van der Waals surface area contributed by atoms with Crippen LogP contribution in [0.4, 0.5) is 0 Å². The molecule has 2 rings (SSSR count). The number of rotatable bonds is 8.